The molecular weight excluding hydrogens is 346 g/mol. The molecule has 0 amide bonds. The molecule has 0 aliphatic rings. The van der Waals surface area contributed by atoms with Gasteiger partial charge in [-0.3, -0.25) is 14.3 Å². The number of hydrogen-bond donors (Lipinski definition) is 0. The Balaban J connectivity index is 1.97. The summed E-state index contributed by atoms with van der Waals surface area (Å²) in [5.74, 6) is 0.515. The highest BCUT2D eigenvalue weighted by atomic mass is 35.5. The van der Waals surface area contributed by atoms with E-state index in [1.165, 1.54) is 0 Å². The Kier molecular flexibility index (Phi) is 4.33. The fourth-order valence-corrected chi connectivity index (χ4v) is 2.95. The maximum Gasteiger partial charge on any atom is 0.266 e. The molecule has 2 heterocycles. The lowest BCUT2D eigenvalue weighted by Crippen LogP contribution is -2.22. The van der Waals surface area contributed by atoms with Gasteiger partial charge in [-0.1, -0.05) is 35.9 Å². The Morgan fingerprint density at radius 2 is 1.77 bits per heavy atom. The van der Waals surface area contributed by atoms with Gasteiger partial charge in [-0.2, -0.15) is 0 Å². The molecule has 0 radical (unpaired) electrons. The molecule has 0 atom stereocenters. The van der Waals surface area contributed by atoms with Crippen LogP contribution in [-0.4, -0.2) is 14.5 Å². The molecule has 0 aliphatic heterocycles. The van der Waals surface area contributed by atoms with Gasteiger partial charge in [0.2, 0.25) is 0 Å². The number of pyridine rings is 1. The number of aromatic nitrogens is 3. The summed E-state index contributed by atoms with van der Waals surface area (Å²) < 4.78 is 1.56. The molecule has 0 fully saturated rings. The first kappa shape index (κ1) is 16.2. The zero-order chi connectivity index (χ0) is 17.9. The van der Waals surface area contributed by atoms with Crippen LogP contribution in [0.15, 0.2) is 77.7 Å². The predicted octanol–water partition coefficient (Wildman–Crippen LogP) is 4.60. The molecule has 5 heteroatoms. The van der Waals surface area contributed by atoms with Crippen LogP contribution in [-0.2, 0) is 0 Å². The third kappa shape index (κ3) is 3.15. The van der Waals surface area contributed by atoms with Crippen molar-refractivity contribution in [2.24, 2.45) is 0 Å². The van der Waals surface area contributed by atoms with Crippen LogP contribution in [0.2, 0.25) is 5.02 Å². The molecule has 4 aromatic rings. The number of benzene rings is 2. The van der Waals surface area contributed by atoms with E-state index in [4.69, 9.17) is 11.6 Å². The van der Waals surface area contributed by atoms with Crippen LogP contribution in [0.5, 0.6) is 0 Å². The molecular formula is C21H14ClN3O. The lowest BCUT2D eigenvalue weighted by Gasteiger charge is -2.11. The lowest BCUT2D eigenvalue weighted by molar-refractivity contribution is 0.944. The maximum absolute atomic E-state index is 13.1. The number of nitrogens with zero attached hydrogens (tertiary/aromatic N) is 3. The molecule has 4 rings (SSSR count). The van der Waals surface area contributed by atoms with E-state index >= 15 is 0 Å². The summed E-state index contributed by atoms with van der Waals surface area (Å²) in [5.41, 5.74) is 1.96. The fourth-order valence-electron chi connectivity index (χ4n) is 2.76. The van der Waals surface area contributed by atoms with Gasteiger partial charge in [-0.25, -0.2) is 4.98 Å². The lowest BCUT2D eigenvalue weighted by atomic mass is 10.2. The molecule has 0 saturated heterocycles. The van der Waals surface area contributed by atoms with Gasteiger partial charge in [-0.15, -0.1) is 0 Å². The summed E-state index contributed by atoms with van der Waals surface area (Å²) in [7, 11) is 0. The summed E-state index contributed by atoms with van der Waals surface area (Å²) in [6.45, 7) is 0. The highest BCUT2D eigenvalue weighted by molar-refractivity contribution is 6.30. The van der Waals surface area contributed by atoms with E-state index in [0.29, 0.717) is 27.4 Å². The minimum absolute atomic E-state index is 0.140. The first-order valence-corrected chi connectivity index (χ1v) is 8.47. The topological polar surface area (TPSA) is 47.8 Å². The number of para-hydroxylation sites is 1. The molecule has 0 saturated carbocycles. The molecule has 2 aromatic heterocycles. The molecule has 2 aromatic carbocycles. The molecule has 0 N–H and O–H groups in total. The van der Waals surface area contributed by atoms with Crippen LogP contribution in [0.1, 0.15) is 11.5 Å². The normalized spacial score (nSPS) is 11.3. The van der Waals surface area contributed by atoms with Crippen molar-refractivity contribution in [3.8, 4) is 5.69 Å². The van der Waals surface area contributed by atoms with Gasteiger partial charge in [0, 0.05) is 11.2 Å². The number of hydrogen-bond acceptors (Lipinski definition) is 3. The fraction of sp³-hybridized carbons (Fsp3) is 0. The van der Waals surface area contributed by atoms with Crippen molar-refractivity contribution < 1.29 is 0 Å². The molecule has 0 aliphatic carbocycles. The van der Waals surface area contributed by atoms with Gasteiger partial charge in [0.15, 0.2) is 0 Å². The van der Waals surface area contributed by atoms with E-state index < -0.39 is 0 Å². The number of fused-ring (bicyclic) bond motifs is 1. The van der Waals surface area contributed by atoms with Gasteiger partial charge in [0.05, 0.1) is 22.3 Å². The van der Waals surface area contributed by atoms with Gasteiger partial charge >= 0.3 is 0 Å². The Bertz CT molecular complexity index is 1170. The van der Waals surface area contributed by atoms with Gasteiger partial charge in [0.1, 0.15) is 5.82 Å². The second-order valence-electron chi connectivity index (χ2n) is 5.70. The zero-order valence-corrected chi connectivity index (χ0v) is 14.5. The SMILES string of the molecule is O=c1c2ccccc2nc(/C=C/c2ccccn2)n1-c1cccc(Cl)c1. The van der Waals surface area contributed by atoms with Gasteiger partial charge < -0.3 is 0 Å². The quantitative estimate of drug-likeness (QED) is 0.537. The van der Waals surface area contributed by atoms with E-state index in [-0.39, 0.29) is 5.56 Å². The van der Waals surface area contributed by atoms with E-state index in [2.05, 4.69) is 9.97 Å². The van der Waals surface area contributed by atoms with Crippen molar-refractivity contribution in [3.05, 3.63) is 99.8 Å². The average Bonchev–Trinajstić information content (AvgIpc) is 2.67. The Hall–Kier alpha value is -3.24. The largest absolute Gasteiger partial charge is 0.268 e. The monoisotopic (exact) mass is 359 g/mol. The smallest absolute Gasteiger partial charge is 0.266 e. The second kappa shape index (κ2) is 6.94. The van der Waals surface area contributed by atoms with Crippen molar-refractivity contribution in [1.82, 2.24) is 14.5 Å². The van der Waals surface area contributed by atoms with Gasteiger partial charge in [-0.05, 0) is 54.6 Å². The maximum atomic E-state index is 13.1. The van der Waals surface area contributed by atoms with Crippen molar-refractivity contribution in [3.63, 3.8) is 0 Å². The summed E-state index contributed by atoms with van der Waals surface area (Å²) >= 11 is 6.13. The van der Waals surface area contributed by atoms with E-state index in [0.717, 1.165) is 5.69 Å². The first-order valence-electron chi connectivity index (χ1n) is 8.09. The third-order valence-electron chi connectivity index (χ3n) is 3.96. The summed E-state index contributed by atoms with van der Waals surface area (Å²) in [5, 5.41) is 1.12. The van der Waals surface area contributed by atoms with Crippen LogP contribution in [0.4, 0.5) is 0 Å². The number of rotatable bonds is 3. The zero-order valence-electron chi connectivity index (χ0n) is 13.7. The van der Waals surface area contributed by atoms with E-state index in [1.54, 1.807) is 35.0 Å². The molecule has 4 nitrogen and oxygen atoms in total. The van der Waals surface area contributed by atoms with Crippen molar-refractivity contribution >= 4 is 34.7 Å². The third-order valence-corrected chi connectivity index (χ3v) is 4.19. The summed E-state index contributed by atoms with van der Waals surface area (Å²) in [4.78, 5) is 22.0. The van der Waals surface area contributed by atoms with Crippen molar-refractivity contribution in [2.75, 3.05) is 0 Å². The number of halogens is 1. The molecule has 0 bridgehead atoms. The van der Waals surface area contributed by atoms with E-state index in [9.17, 15) is 4.79 Å². The highest BCUT2D eigenvalue weighted by Crippen LogP contribution is 2.18. The van der Waals surface area contributed by atoms with E-state index in [1.807, 2.05) is 54.6 Å². The van der Waals surface area contributed by atoms with Crippen LogP contribution in [0.3, 0.4) is 0 Å². The minimum Gasteiger partial charge on any atom is -0.268 e. The Morgan fingerprint density at radius 1 is 0.923 bits per heavy atom. The first-order chi connectivity index (χ1) is 12.7. The Labute approximate surface area is 155 Å². The minimum atomic E-state index is -0.140. The molecule has 26 heavy (non-hydrogen) atoms. The summed E-state index contributed by atoms with van der Waals surface area (Å²) in [6, 6.07) is 20.1. The van der Waals surface area contributed by atoms with Crippen LogP contribution in [0, 0.1) is 0 Å². The standard InChI is InChI=1S/C21H14ClN3O/c22-15-6-5-8-17(14-15)25-20(12-11-16-7-3-4-13-23-16)24-19-10-2-1-9-18(19)21(25)26/h1-14H/b12-11+. The van der Waals surface area contributed by atoms with Crippen LogP contribution in [0.25, 0.3) is 28.7 Å². The molecule has 126 valence electrons. The van der Waals surface area contributed by atoms with Gasteiger partial charge in [0.25, 0.3) is 5.56 Å². The molecule has 0 unspecified atom stereocenters. The Morgan fingerprint density at radius 3 is 2.58 bits per heavy atom. The predicted molar refractivity (Wildman–Crippen MR) is 106 cm³/mol. The second-order valence-corrected chi connectivity index (χ2v) is 6.13. The van der Waals surface area contributed by atoms with Crippen LogP contribution >= 0.6 is 11.6 Å². The van der Waals surface area contributed by atoms with Crippen molar-refractivity contribution in [1.29, 1.82) is 0 Å². The summed E-state index contributed by atoms with van der Waals surface area (Å²) in [6.07, 6.45) is 5.34. The average molecular weight is 360 g/mol. The highest BCUT2D eigenvalue weighted by Gasteiger charge is 2.11. The van der Waals surface area contributed by atoms with Crippen molar-refractivity contribution in [2.45, 2.75) is 0 Å². The molecule has 0 spiro atoms. The van der Waals surface area contributed by atoms with Crippen LogP contribution < -0.4 is 5.56 Å².